The number of rotatable bonds is 6. The summed E-state index contributed by atoms with van der Waals surface area (Å²) in [5.41, 5.74) is 0.390. The Kier molecular flexibility index (Phi) is 6.06. The fraction of sp³-hybridized carbons (Fsp3) is 0.647. The molecule has 1 aromatic rings. The molecule has 25 heavy (non-hydrogen) atoms. The Morgan fingerprint density at radius 2 is 2.32 bits per heavy atom. The van der Waals surface area contributed by atoms with Crippen LogP contribution in [0.3, 0.4) is 0 Å². The Balaban J connectivity index is 1.45. The lowest BCUT2D eigenvalue weighted by molar-refractivity contribution is -0.0877. The molecule has 0 unspecified atom stereocenters. The third kappa shape index (κ3) is 5.04. The number of hydrogen-bond acceptors (Lipinski definition) is 6. The lowest BCUT2D eigenvalue weighted by Crippen LogP contribution is -2.49. The number of pyridine rings is 1. The van der Waals surface area contributed by atoms with Gasteiger partial charge in [0.05, 0.1) is 30.7 Å². The van der Waals surface area contributed by atoms with Crippen molar-refractivity contribution >= 4 is 11.7 Å². The quantitative estimate of drug-likeness (QED) is 0.756. The molecule has 2 saturated heterocycles. The predicted octanol–water partition coefficient (Wildman–Crippen LogP) is 1.57. The first-order chi connectivity index (χ1) is 12.2. The summed E-state index contributed by atoms with van der Waals surface area (Å²) in [7, 11) is 1.61. The first-order valence-corrected chi connectivity index (χ1v) is 8.56. The summed E-state index contributed by atoms with van der Waals surface area (Å²) in [6.07, 6.45) is 4.05. The van der Waals surface area contributed by atoms with Crippen molar-refractivity contribution in [1.82, 2.24) is 10.3 Å². The summed E-state index contributed by atoms with van der Waals surface area (Å²) >= 11 is 0. The number of aromatic nitrogens is 1. The number of urea groups is 1. The van der Waals surface area contributed by atoms with Crippen molar-refractivity contribution in [2.24, 2.45) is 0 Å². The maximum absolute atomic E-state index is 12.2. The number of ether oxygens (including phenoxy) is 4. The molecule has 1 spiro atoms. The zero-order valence-corrected chi connectivity index (χ0v) is 14.5. The minimum Gasteiger partial charge on any atom is -0.475 e. The molecule has 3 rings (SSSR count). The van der Waals surface area contributed by atoms with Crippen LogP contribution in [0.25, 0.3) is 0 Å². The molecule has 0 radical (unpaired) electrons. The average Bonchev–Trinajstić information content (AvgIpc) is 3.04. The van der Waals surface area contributed by atoms with Gasteiger partial charge in [-0.1, -0.05) is 0 Å². The third-order valence-electron chi connectivity index (χ3n) is 4.43. The molecule has 0 aliphatic carbocycles. The van der Waals surface area contributed by atoms with Gasteiger partial charge in [-0.15, -0.1) is 0 Å². The molecule has 8 nitrogen and oxygen atoms in total. The minimum atomic E-state index is -0.240. The molecule has 138 valence electrons. The first kappa shape index (κ1) is 17.9. The van der Waals surface area contributed by atoms with Crippen molar-refractivity contribution in [3.8, 4) is 5.88 Å². The van der Waals surface area contributed by atoms with Gasteiger partial charge in [-0.3, -0.25) is 0 Å². The Hall–Kier alpha value is -1.90. The number of nitrogens with zero attached hydrogens (tertiary/aromatic N) is 1. The molecule has 1 aromatic heterocycles. The molecule has 2 N–H and O–H groups in total. The van der Waals surface area contributed by atoms with Gasteiger partial charge < -0.3 is 29.6 Å². The minimum absolute atomic E-state index is 0.0834. The maximum atomic E-state index is 12.2. The van der Waals surface area contributed by atoms with Crippen molar-refractivity contribution in [2.75, 3.05) is 45.5 Å². The second kappa shape index (κ2) is 8.46. The number of amides is 2. The summed E-state index contributed by atoms with van der Waals surface area (Å²) in [4.78, 5) is 16.4. The van der Waals surface area contributed by atoms with Crippen molar-refractivity contribution in [2.45, 2.75) is 30.9 Å². The van der Waals surface area contributed by atoms with Crippen LogP contribution in [-0.2, 0) is 14.2 Å². The van der Waals surface area contributed by atoms with Gasteiger partial charge in [-0.2, -0.15) is 0 Å². The van der Waals surface area contributed by atoms with Crippen LogP contribution in [-0.4, -0.2) is 62.8 Å². The van der Waals surface area contributed by atoms with E-state index in [9.17, 15) is 4.79 Å². The van der Waals surface area contributed by atoms with E-state index in [1.165, 1.54) is 0 Å². The maximum Gasteiger partial charge on any atom is 0.319 e. The van der Waals surface area contributed by atoms with E-state index in [0.29, 0.717) is 38.0 Å². The van der Waals surface area contributed by atoms with E-state index in [1.54, 1.807) is 25.4 Å². The van der Waals surface area contributed by atoms with Gasteiger partial charge in [0.1, 0.15) is 6.61 Å². The highest BCUT2D eigenvalue weighted by atomic mass is 16.6. The smallest absolute Gasteiger partial charge is 0.319 e. The summed E-state index contributed by atoms with van der Waals surface area (Å²) in [5, 5.41) is 5.81. The zero-order chi connectivity index (χ0) is 17.5. The molecule has 2 aliphatic rings. The number of methoxy groups -OCH3 is 1. The fourth-order valence-electron chi connectivity index (χ4n) is 3.14. The average molecular weight is 351 g/mol. The van der Waals surface area contributed by atoms with Gasteiger partial charge in [-0.05, 0) is 18.9 Å². The summed E-state index contributed by atoms with van der Waals surface area (Å²) in [5.74, 6) is 0.496. The Bertz CT molecular complexity index is 560. The number of carbonyl (C=O) groups is 1. The van der Waals surface area contributed by atoms with E-state index in [-0.39, 0.29) is 17.7 Å². The van der Waals surface area contributed by atoms with Gasteiger partial charge in [-0.25, -0.2) is 9.78 Å². The highest BCUT2D eigenvalue weighted by Crippen LogP contribution is 2.32. The zero-order valence-electron chi connectivity index (χ0n) is 14.5. The van der Waals surface area contributed by atoms with Crippen LogP contribution in [0.15, 0.2) is 18.3 Å². The third-order valence-corrected chi connectivity index (χ3v) is 4.43. The van der Waals surface area contributed by atoms with Crippen molar-refractivity contribution in [1.29, 1.82) is 0 Å². The van der Waals surface area contributed by atoms with Crippen LogP contribution in [0.4, 0.5) is 10.5 Å². The highest BCUT2D eigenvalue weighted by molar-refractivity contribution is 5.89. The van der Waals surface area contributed by atoms with Gasteiger partial charge in [0, 0.05) is 38.9 Å². The van der Waals surface area contributed by atoms with E-state index < -0.39 is 0 Å². The summed E-state index contributed by atoms with van der Waals surface area (Å²) in [6, 6.07) is 3.31. The topological polar surface area (TPSA) is 90.9 Å². The van der Waals surface area contributed by atoms with Crippen LogP contribution < -0.4 is 15.4 Å². The lowest BCUT2D eigenvalue weighted by Gasteiger charge is -2.37. The molecule has 2 fully saturated rings. The van der Waals surface area contributed by atoms with Crippen molar-refractivity contribution in [3.63, 3.8) is 0 Å². The molecule has 3 heterocycles. The lowest BCUT2D eigenvalue weighted by atomic mass is 9.90. The van der Waals surface area contributed by atoms with Crippen LogP contribution in [0.2, 0.25) is 0 Å². The number of carbonyl (C=O) groups excluding carboxylic acids is 1. The number of anilines is 1. The Labute approximate surface area is 147 Å². The normalized spacial score (nSPS) is 25.7. The number of hydrogen-bond donors (Lipinski definition) is 2. The summed E-state index contributed by atoms with van der Waals surface area (Å²) < 4.78 is 21.6. The van der Waals surface area contributed by atoms with E-state index in [1.807, 2.05) is 0 Å². The Morgan fingerprint density at radius 3 is 3.04 bits per heavy atom. The highest BCUT2D eigenvalue weighted by Gasteiger charge is 2.41. The molecule has 0 bridgehead atoms. The van der Waals surface area contributed by atoms with Gasteiger partial charge in [0.2, 0.25) is 5.88 Å². The van der Waals surface area contributed by atoms with E-state index in [2.05, 4.69) is 15.6 Å². The standard InChI is InChI=1S/C17H25N3O5/c1-22-8-9-24-15-3-2-14(11-18-15)20-16(21)19-13-4-6-25-17(10-13)5-7-23-12-17/h2-3,11,13H,4-10,12H2,1H3,(H2,19,20,21)/t13-,17-/m1/s1. The molecule has 0 saturated carbocycles. The summed E-state index contributed by atoms with van der Waals surface area (Å²) in [6.45, 7) is 2.92. The van der Waals surface area contributed by atoms with Gasteiger partial charge in [0.25, 0.3) is 0 Å². The second-order valence-electron chi connectivity index (χ2n) is 6.35. The molecule has 2 atom stereocenters. The van der Waals surface area contributed by atoms with Crippen LogP contribution in [0.5, 0.6) is 5.88 Å². The van der Waals surface area contributed by atoms with Gasteiger partial charge >= 0.3 is 6.03 Å². The molecule has 2 amide bonds. The van der Waals surface area contributed by atoms with Crippen molar-refractivity contribution in [3.05, 3.63) is 18.3 Å². The second-order valence-corrected chi connectivity index (χ2v) is 6.35. The molecular weight excluding hydrogens is 326 g/mol. The van der Waals surface area contributed by atoms with Crippen LogP contribution in [0, 0.1) is 0 Å². The molecule has 0 aromatic carbocycles. The van der Waals surface area contributed by atoms with Crippen LogP contribution in [0.1, 0.15) is 19.3 Å². The Morgan fingerprint density at radius 1 is 1.40 bits per heavy atom. The van der Waals surface area contributed by atoms with E-state index >= 15 is 0 Å². The predicted molar refractivity (Wildman–Crippen MR) is 90.9 cm³/mol. The largest absolute Gasteiger partial charge is 0.475 e. The van der Waals surface area contributed by atoms with E-state index in [0.717, 1.165) is 25.9 Å². The SMILES string of the molecule is COCCOc1ccc(NC(=O)N[C@@H]2CCO[C@]3(CCOC3)C2)cn1. The molecular formula is C17H25N3O5. The number of nitrogens with one attached hydrogen (secondary N) is 2. The fourth-order valence-corrected chi connectivity index (χ4v) is 3.14. The molecule has 8 heteroatoms. The van der Waals surface area contributed by atoms with E-state index in [4.69, 9.17) is 18.9 Å². The monoisotopic (exact) mass is 351 g/mol. The molecule has 2 aliphatic heterocycles. The van der Waals surface area contributed by atoms with Crippen LogP contribution >= 0.6 is 0 Å². The van der Waals surface area contributed by atoms with Crippen molar-refractivity contribution < 1.29 is 23.7 Å². The van der Waals surface area contributed by atoms with Gasteiger partial charge in [0.15, 0.2) is 0 Å². The first-order valence-electron chi connectivity index (χ1n) is 8.56.